The van der Waals surface area contributed by atoms with E-state index in [4.69, 9.17) is 18.9 Å². The number of allylic oxidation sites excluding steroid dienone is 19. The number of aliphatic hydroxyl groups is 8. The van der Waals surface area contributed by atoms with E-state index in [1.807, 2.05) is 6.08 Å². The van der Waals surface area contributed by atoms with Crippen molar-refractivity contribution >= 4 is 5.91 Å². The number of rotatable bonds is 71. The van der Waals surface area contributed by atoms with Crippen molar-refractivity contribution in [2.24, 2.45) is 0 Å². The third-order valence-electron chi connectivity index (χ3n) is 20.1. The van der Waals surface area contributed by atoms with Crippen molar-refractivity contribution in [1.29, 1.82) is 0 Å². The summed E-state index contributed by atoms with van der Waals surface area (Å²) in [7, 11) is 0. The third-order valence-corrected chi connectivity index (χ3v) is 20.1. The highest BCUT2D eigenvalue weighted by Gasteiger charge is 2.51. The van der Waals surface area contributed by atoms with Gasteiger partial charge in [-0.05, 0) is 103 Å². The molecule has 14 heteroatoms. The highest BCUT2D eigenvalue weighted by molar-refractivity contribution is 5.76. The van der Waals surface area contributed by atoms with Gasteiger partial charge in [0, 0.05) is 6.42 Å². The number of aliphatic hydroxyl groups excluding tert-OH is 8. The molecule has 14 nitrogen and oxygen atoms in total. The molecule has 0 spiro atoms. The van der Waals surface area contributed by atoms with Gasteiger partial charge in [0.1, 0.15) is 48.8 Å². The Bertz CT molecular complexity index is 2220. The minimum absolute atomic E-state index is 0.254. The van der Waals surface area contributed by atoms with Gasteiger partial charge in [0.05, 0.1) is 32.0 Å². The molecular weight excluding hydrogens is 1300 g/mol. The van der Waals surface area contributed by atoms with Crippen LogP contribution in [-0.2, 0) is 23.7 Å². The second-order valence-corrected chi connectivity index (χ2v) is 29.6. The molecule has 104 heavy (non-hydrogen) atoms. The van der Waals surface area contributed by atoms with E-state index in [0.717, 1.165) is 89.9 Å². The van der Waals surface area contributed by atoms with Gasteiger partial charge in [-0.2, -0.15) is 0 Å². The van der Waals surface area contributed by atoms with Crippen LogP contribution in [0.2, 0.25) is 0 Å². The van der Waals surface area contributed by atoms with Crippen molar-refractivity contribution in [2.75, 3.05) is 19.8 Å². The Morgan fingerprint density at radius 1 is 0.356 bits per heavy atom. The fourth-order valence-corrected chi connectivity index (χ4v) is 13.4. The van der Waals surface area contributed by atoms with Gasteiger partial charge in [-0.3, -0.25) is 4.79 Å². The van der Waals surface area contributed by atoms with E-state index in [1.165, 1.54) is 225 Å². The molecule has 0 aromatic carbocycles. The van der Waals surface area contributed by atoms with Crippen LogP contribution in [0.25, 0.3) is 0 Å². The third kappa shape index (κ3) is 54.1. The van der Waals surface area contributed by atoms with E-state index in [-0.39, 0.29) is 18.9 Å². The SMILES string of the molecule is CC/C=C\C/C=C\C/C=C\C/C=C\C/C=C\C/C=C\C/C=C\CCCCCCCCCCCCCCCCCC(=O)NC(COC1OC(CO)C(OC2OC(CO)C(O)C(O)C2O)C(O)C1O)C(O)/C=C/CC/C=C/CC/C=C/CCCCCCCCCCCCCCCCCCCCCCCCC. The van der Waals surface area contributed by atoms with Crippen LogP contribution in [0.5, 0.6) is 0 Å². The first-order valence-corrected chi connectivity index (χ1v) is 42.8. The molecule has 1 amide bonds. The zero-order valence-corrected chi connectivity index (χ0v) is 66.0. The highest BCUT2D eigenvalue weighted by Crippen LogP contribution is 2.30. The standard InChI is InChI=1S/C90H157NO13/c1-3-5-7-9-11-13-15-17-19-21-23-25-27-29-31-33-35-37-38-39-40-42-44-46-48-50-52-54-56-58-60-62-64-66-68-70-72-74-82(95)91-78(77-101-89-87(100)85(98)88(81(76-93)103-89)104-90-86(99)84(97)83(96)80(75-92)102-90)79(94)73-71-69-67-65-63-61-59-57-55-53-51-49-47-45-43-41-36-34-32-30-28-26-24-22-20-18-16-14-12-10-8-6-4-2/h5,7,11,13,17,19,23,25,29,31,35,37,39-40,55,57,63,65,71,73,78-81,83-90,92-94,96-100H,3-4,6,8-10,12,14-16,18,20-22,24,26-28,30,32-34,36,38,41-54,56,58-62,64,66-70,72,74-77H2,1-2H3,(H,91,95)/b7-5-,13-11-,19-17-,25-23-,31-29-,37-35-,40-39-,57-55+,65-63+,73-71+. The molecule has 0 bridgehead atoms. The number of carbonyl (C=O) groups excluding carboxylic acids is 1. The van der Waals surface area contributed by atoms with Crippen molar-refractivity contribution in [1.82, 2.24) is 5.32 Å². The maximum absolute atomic E-state index is 13.4. The smallest absolute Gasteiger partial charge is 0.220 e. The van der Waals surface area contributed by atoms with Crippen molar-refractivity contribution in [3.05, 3.63) is 122 Å². The second-order valence-electron chi connectivity index (χ2n) is 29.6. The molecular formula is C90H157NO13. The lowest BCUT2D eigenvalue weighted by molar-refractivity contribution is -0.359. The number of hydrogen-bond acceptors (Lipinski definition) is 13. The molecule has 12 unspecified atom stereocenters. The number of carbonyl (C=O) groups is 1. The average molecular weight is 1460 g/mol. The van der Waals surface area contributed by atoms with Gasteiger partial charge in [-0.1, -0.05) is 360 Å². The largest absolute Gasteiger partial charge is 0.394 e. The van der Waals surface area contributed by atoms with Gasteiger partial charge < -0.3 is 65.1 Å². The predicted molar refractivity (Wildman–Crippen MR) is 433 cm³/mol. The van der Waals surface area contributed by atoms with Crippen LogP contribution in [-0.4, -0.2) is 140 Å². The maximum atomic E-state index is 13.4. The van der Waals surface area contributed by atoms with Crippen molar-refractivity contribution in [3.63, 3.8) is 0 Å². The monoisotopic (exact) mass is 1460 g/mol. The molecule has 0 saturated carbocycles. The molecule has 0 aliphatic carbocycles. The number of nitrogens with one attached hydrogen (secondary N) is 1. The van der Waals surface area contributed by atoms with Crippen molar-refractivity contribution in [2.45, 2.75) is 421 Å². The zero-order valence-electron chi connectivity index (χ0n) is 66.0. The van der Waals surface area contributed by atoms with Crippen LogP contribution in [0.4, 0.5) is 0 Å². The summed E-state index contributed by atoms with van der Waals surface area (Å²) < 4.78 is 22.9. The summed E-state index contributed by atoms with van der Waals surface area (Å²) in [5.74, 6) is -0.254. The van der Waals surface area contributed by atoms with Gasteiger partial charge in [0.25, 0.3) is 0 Å². The molecule has 2 aliphatic rings. The van der Waals surface area contributed by atoms with Crippen LogP contribution >= 0.6 is 0 Å². The Labute approximate surface area is 635 Å². The molecule has 0 radical (unpaired) electrons. The van der Waals surface area contributed by atoms with E-state index in [0.29, 0.717) is 12.8 Å². The molecule has 2 aliphatic heterocycles. The Hall–Kier alpha value is -3.61. The minimum Gasteiger partial charge on any atom is -0.394 e. The van der Waals surface area contributed by atoms with E-state index in [2.05, 4.69) is 129 Å². The quantitative estimate of drug-likeness (QED) is 0.0204. The fraction of sp³-hybridized carbons (Fsp3) is 0.767. The Balaban J connectivity index is 1.62. The second kappa shape index (κ2) is 72.3. The first-order chi connectivity index (χ1) is 51.1. The first-order valence-electron chi connectivity index (χ1n) is 42.8. The van der Waals surface area contributed by atoms with Gasteiger partial charge in [0.15, 0.2) is 12.6 Å². The lowest BCUT2D eigenvalue weighted by atomic mass is 9.97. The van der Waals surface area contributed by atoms with Crippen LogP contribution in [0.3, 0.4) is 0 Å². The number of amides is 1. The van der Waals surface area contributed by atoms with Crippen LogP contribution < -0.4 is 5.32 Å². The Morgan fingerprint density at radius 2 is 0.673 bits per heavy atom. The highest BCUT2D eigenvalue weighted by atomic mass is 16.7. The van der Waals surface area contributed by atoms with Gasteiger partial charge in [0.2, 0.25) is 5.91 Å². The number of ether oxygens (including phenoxy) is 4. The molecule has 2 saturated heterocycles. The fourth-order valence-electron chi connectivity index (χ4n) is 13.4. The minimum atomic E-state index is -1.80. The summed E-state index contributed by atoms with van der Waals surface area (Å²) in [6.45, 7) is 2.70. The van der Waals surface area contributed by atoms with Gasteiger partial charge >= 0.3 is 0 Å². The summed E-state index contributed by atoms with van der Waals surface area (Å²) in [5, 5.41) is 87.8. The van der Waals surface area contributed by atoms with E-state index in [9.17, 15) is 45.6 Å². The average Bonchev–Trinajstić information content (AvgIpc) is 0.790. The molecule has 9 N–H and O–H groups in total. The summed E-state index contributed by atoms with van der Waals surface area (Å²) in [6, 6.07) is -0.948. The van der Waals surface area contributed by atoms with Crippen LogP contribution in [0.15, 0.2) is 122 Å². The Morgan fingerprint density at radius 3 is 1.06 bits per heavy atom. The molecule has 600 valence electrons. The van der Waals surface area contributed by atoms with E-state index < -0.39 is 86.8 Å². The molecule has 2 rings (SSSR count). The van der Waals surface area contributed by atoms with Crippen molar-refractivity contribution < 1.29 is 64.6 Å². The predicted octanol–water partition coefficient (Wildman–Crippen LogP) is 20.4. The summed E-state index contributed by atoms with van der Waals surface area (Å²) in [6.07, 6.45) is 90.1. The van der Waals surface area contributed by atoms with Crippen molar-refractivity contribution in [3.8, 4) is 0 Å². The lowest BCUT2D eigenvalue weighted by Crippen LogP contribution is -2.65. The first kappa shape index (κ1) is 96.5. The maximum Gasteiger partial charge on any atom is 0.220 e. The molecule has 0 aromatic heterocycles. The molecule has 2 fully saturated rings. The summed E-state index contributed by atoms with van der Waals surface area (Å²) >= 11 is 0. The molecule has 12 atom stereocenters. The van der Waals surface area contributed by atoms with Crippen LogP contribution in [0.1, 0.15) is 348 Å². The lowest BCUT2D eigenvalue weighted by Gasteiger charge is -2.46. The Kier molecular flexibility index (Phi) is 67.0. The molecule has 0 aromatic rings. The zero-order chi connectivity index (χ0) is 75.1. The summed E-state index contributed by atoms with van der Waals surface area (Å²) in [5.41, 5.74) is 0. The van der Waals surface area contributed by atoms with Gasteiger partial charge in [-0.15, -0.1) is 0 Å². The number of hydrogen-bond donors (Lipinski definition) is 9. The van der Waals surface area contributed by atoms with Crippen LogP contribution in [0, 0.1) is 0 Å². The molecule has 2 heterocycles. The number of unbranched alkanes of at least 4 members (excludes halogenated alkanes) is 40. The van der Waals surface area contributed by atoms with E-state index >= 15 is 0 Å². The van der Waals surface area contributed by atoms with Gasteiger partial charge in [-0.25, -0.2) is 0 Å². The van der Waals surface area contributed by atoms with E-state index in [1.54, 1.807) is 6.08 Å². The normalized spacial score (nSPS) is 22.1. The topological polar surface area (TPSA) is 228 Å². The summed E-state index contributed by atoms with van der Waals surface area (Å²) in [4.78, 5) is 13.4.